The van der Waals surface area contributed by atoms with Crippen molar-refractivity contribution in [3.63, 3.8) is 0 Å². The lowest BCUT2D eigenvalue weighted by molar-refractivity contribution is -0.151. The maximum Gasteiger partial charge on any atom is 0.307 e. The third kappa shape index (κ3) is 3.78. The number of carbonyl (C=O) groups is 3. The summed E-state index contributed by atoms with van der Waals surface area (Å²) >= 11 is 1.30. The zero-order valence-electron chi connectivity index (χ0n) is 17.6. The van der Waals surface area contributed by atoms with Crippen molar-refractivity contribution in [1.29, 1.82) is 0 Å². The van der Waals surface area contributed by atoms with Gasteiger partial charge in [-0.25, -0.2) is 0 Å². The first-order valence-electron chi connectivity index (χ1n) is 10.6. The molecule has 1 heterocycles. The number of benzene rings is 1. The van der Waals surface area contributed by atoms with Crippen molar-refractivity contribution in [2.45, 2.75) is 33.1 Å². The number of nitrogens with one attached hydrogen (secondary N) is 1. The molecule has 1 fully saturated rings. The van der Waals surface area contributed by atoms with Crippen LogP contribution in [0.1, 0.15) is 40.6 Å². The third-order valence-electron chi connectivity index (χ3n) is 6.55. The average Bonchev–Trinajstić information content (AvgIpc) is 3.09. The maximum absolute atomic E-state index is 13.2. The lowest BCUT2D eigenvalue weighted by Crippen LogP contribution is -2.47. The molecule has 2 aromatic rings. The van der Waals surface area contributed by atoms with E-state index < -0.39 is 23.7 Å². The molecule has 5 rings (SSSR count). The Morgan fingerprint density at radius 1 is 1.10 bits per heavy atom. The van der Waals surface area contributed by atoms with E-state index in [4.69, 9.17) is 5.73 Å². The maximum atomic E-state index is 13.2. The number of primary amides is 1. The number of anilines is 1. The summed E-state index contributed by atoms with van der Waals surface area (Å²) < 4.78 is 0. The zero-order chi connectivity index (χ0) is 22.3. The molecule has 0 spiro atoms. The van der Waals surface area contributed by atoms with E-state index in [1.54, 1.807) is 0 Å². The fourth-order valence-corrected chi connectivity index (χ4v) is 6.09. The third-order valence-corrected chi connectivity index (χ3v) is 7.58. The van der Waals surface area contributed by atoms with E-state index in [9.17, 15) is 19.5 Å². The molecule has 0 radical (unpaired) electrons. The highest BCUT2D eigenvalue weighted by Gasteiger charge is 2.48. The van der Waals surface area contributed by atoms with Gasteiger partial charge in [0.25, 0.3) is 5.91 Å². The highest BCUT2D eigenvalue weighted by Crippen LogP contribution is 2.46. The highest BCUT2D eigenvalue weighted by molar-refractivity contribution is 7.17. The smallest absolute Gasteiger partial charge is 0.307 e. The molecular weight excluding hydrogens is 412 g/mol. The second-order valence-corrected chi connectivity index (χ2v) is 9.55. The minimum absolute atomic E-state index is 0.106. The van der Waals surface area contributed by atoms with Gasteiger partial charge in [0.2, 0.25) is 5.91 Å². The monoisotopic (exact) mass is 438 g/mol. The summed E-state index contributed by atoms with van der Waals surface area (Å²) in [6.45, 7) is 3.96. The summed E-state index contributed by atoms with van der Waals surface area (Å²) in [6.07, 6.45) is 6.39. The number of fused-ring (bicyclic) bond motifs is 2. The predicted octanol–water partition coefficient (Wildman–Crippen LogP) is 4.24. The quantitative estimate of drug-likeness (QED) is 0.586. The zero-order valence-corrected chi connectivity index (χ0v) is 18.4. The lowest BCUT2D eigenvalue weighted by atomic mass is 9.62. The Morgan fingerprint density at radius 2 is 1.71 bits per heavy atom. The molecule has 0 aliphatic heterocycles. The Hall–Kier alpha value is -2.93. The van der Waals surface area contributed by atoms with E-state index in [2.05, 4.69) is 12.2 Å². The van der Waals surface area contributed by atoms with Crippen LogP contribution in [-0.4, -0.2) is 22.9 Å². The van der Waals surface area contributed by atoms with Crippen LogP contribution in [-0.2, 0) is 16.0 Å². The van der Waals surface area contributed by atoms with Crippen LogP contribution in [0.25, 0.3) is 11.1 Å². The van der Waals surface area contributed by atoms with Crippen molar-refractivity contribution in [2.24, 2.45) is 29.4 Å². The molecule has 3 aliphatic rings. The molecule has 4 N–H and O–H groups in total. The first-order valence-corrected chi connectivity index (χ1v) is 11.4. The molecule has 2 bridgehead atoms. The molecule has 6 nitrogen and oxygen atoms in total. The molecule has 7 heteroatoms. The van der Waals surface area contributed by atoms with Crippen LogP contribution in [0.3, 0.4) is 0 Å². The summed E-state index contributed by atoms with van der Waals surface area (Å²) in [4.78, 5) is 38.4. The fourth-order valence-electron chi connectivity index (χ4n) is 5.01. The number of aryl methyl sites for hydroxylation is 2. The van der Waals surface area contributed by atoms with E-state index >= 15 is 0 Å². The molecule has 1 aromatic carbocycles. The van der Waals surface area contributed by atoms with Gasteiger partial charge in [-0.15, -0.1) is 11.3 Å². The van der Waals surface area contributed by atoms with Crippen LogP contribution in [0.2, 0.25) is 0 Å². The number of allylic oxidation sites excluding steroid dienone is 2. The molecular formula is C24H26N2O4S. The number of hydrogen-bond donors (Lipinski definition) is 3. The molecule has 3 aliphatic carbocycles. The van der Waals surface area contributed by atoms with E-state index in [-0.39, 0.29) is 23.3 Å². The van der Waals surface area contributed by atoms with Gasteiger partial charge in [0, 0.05) is 10.4 Å². The lowest BCUT2D eigenvalue weighted by Gasteiger charge is -2.41. The molecule has 162 valence electrons. The van der Waals surface area contributed by atoms with Crippen LogP contribution < -0.4 is 11.1 Å². The molecule has 2 amide bonds. The van der Waals surface area contributed by atoms with Crippen LogP contribution in [0.5, 0.6) is 0 Å². The largest absolute Gasteiger partial charge is 0.481 e. The van der Waals surface area contributed by atoms with Gasteiger partial charge in [0.15, 0.2) is 0 Å². The molecule has 31 heavy (non-hydrogen) atoms. The molecule has 0 saturated heterocycles. The molecule has 1 saturated carbocycles. The summed E-state index contributed by atoms with van der Waals surface area (Å²) in [5.74, 6) is -3.57. The summed E-state index contributed by atoms with van der Waals surface area (Å²) in [7, 11) is 0. The van der Waals surface area contributed by atoms with Gasteiger partial charge < -0.3 is 16.2 Å². The number of carbonyl (C=O) groups excluding carboxylic acids is 2. The first kappa shape index (κ1) is 21.3. The number of amides is 2. The number of aliphatic carboxylic acids is 1. The van der Waals surface area contributed by atoms with Gasteiger partial charge in [-0.3, -0.25) is 14.4 Å². The Bertz CT molecular complexity index is 1070. The van der Waals surface area contributed by atoms with Crippen molar-refractivity contribution in [3.05, 3.63) is 52.4 Å². The molecule has 0 unspecified atom stereocenters. The molecule has 4 atom stereocenters. The van der Waals surface area contributed by atoms with Gasteiger partial charge in [-0.1, -0.05) is 43.3 Å². The van der Waals surface area contributed by atoms with Crippen molar-refractivity contribution < 1.29 is 19.5 Å². The molecule has 1 aromatic heterocycles. The highest BCUT2D eigenvalue weighted by atomic mass is 32.1. The van der Waals surface area contributed by atoms with Crippen LogP contribution >= 0.6 is 11.3 Å². The number of rotatable bonds is 6. The van der Waals surface area contributed by atoms with Crippen molar-refractivity contribution >= 4 is 34.1 Å². The van der Waals surface area contributed by atoms with E-state index in [0.29, 0.717) is 5.00 Å². The number of carboxylic acid groups (broad SMARTS) is 1. The second-order valence-electron chi connectivity index (χ2n) is 8.32. The Balaban J connectivity index is 1.68. The van der Waals surface area contributed by atoms with Gasteiger partial charge in [0.1, 0.15) is 5.00 Å². The van der Waals surface area contributed by atoms with E-state index in [1.807, 2.05) is 43.3 Å². The average molecular weight is 439 g/mol. The fraction of sp³-hybridized carbons (Fsp3) is 0.375. The Labute approximate surface area is 185 Å². The number of carboxylic acids is 1. The second kappa shape index (κ2) is 8.30. The van der Waals surface area contributed by atoms with Crippen LogP contribution in [0.4, 0.5) is 5.00 Å². The minimum atomic E-state index is -0.951. The SMILES string of the molecule is CCc1ccc(-c2c(C)sc(NC(=O)[C@H]3[C@@H](C(=O)O)[C@H]4C=C[C@@H]3CC4)c2C(N)=O)cc1. The topological polar surface area (TPSA) is 109 Å². The van der Waals surface area contributed by atoms with E-state index in [0.717, 1.165) is 35.3 Å². The normalized spacial score (nSPS) is 24.2. The summed E-state index contributed by atoms with van der Waals surface area (Å²) in [5, 5.41) is 13.0. The summed E-state index contributed by atoms with van der Waals surface area (Å²) in [5.41, 5.74) is 8.77. The van der Waals surface area contributed by atoms with Crippen molar-refractivity contribution in [3.8, 4) is 11.1 Å². The van der Waals surface area contributed by atoms with Gasteiger partial charge in [-0.2, -0.15) is 0 Å². The standard InChI is InChI=1S/C24H26N2O4S/c1-3-13-4-6-14(7-5-13)17-12(2)31-23(20(17)21(25)27)26-22(28)18-15-8-10-16(11-9-15)19(18)24(29)30/h4-8,10,15-16,18-19H,3,9,11H2,1-2H3,(H2,25,27)(H,26,28)(H,29,30)/t15-,16+,18-,19+/m1/s1. The van der Waals surface area contributed by atoms with Crippen LogP contribution in [0, 0.1) is 30.6 Å². The van der Waals surface area contributed by atoms with Crippen LogP contribution in [0.15, 0.2) is 36.4 Å². The predicted molar refractivity (Wildman–Crippen MR) is 121 cm³/mol. The van der Waals surface area contributed by atoms with Crippen molar-refractivity contribution in [2.75, 3.05) is 5.32 Å². The van der Waals surface area contributed by atoms with E-state index in [1.165, 1.54) is 16.9 Å². The van der Waals surface area contributed by atoms with Gasteiger partial charge in [-0.05, 0) is 49.1 Å². The minimum Gasteiger partial charge on any atom is -0.481 e. The first-order chi connectivity index (χ1) is 14.8. The number of hydrogen-bond acceptors (Lipinski definition) is 4. The number of nitrogens with two attached hydrogens (primary N) is 1. The summed E-state index contributed by atoms with van der Waals surface area (Å²) in [6, 6.07) is 7.94. The Morgan fingerprint density at radius 3 is 2.23 bits per heavy atom. The number of thiophene rings is 1. The van der Waals surface area contributed by atoms with Crippen molar-refractivity contribution in [1.82, 2.24) is 0 Å². The van der Waals surface area contributed by atoms with Gasteiger partial charge in [0.05, 0.1) is 17.4 Å². The Kier molecular flexibility index (Phi) is 5.71. The van der Waals surface area contributed by atoms with Gasteiger partial charge >= 0.3 is 5.97 Å².